The van der Waals surface area contributed by atoms with Crippen LogP contribution in [0.5, 0.6) is 0 Å². The van der Waals surface area contributed by atoms with E-state index >= 15 is 0 Å². The first-order valence-electron chi connectivity index (χ1n) is 7.97. The number of carbonyl (C=O) groups excluding carboxylic acids is 3. The molecular formula is C15H28N4O6. The van der Waals surface area contributed by atoms with Gasteiger partial charge in [-0.1, -0.05) is 27.7 Å². The van der Waals surface area contributed by atoms with Gasteiger partial charge in [0.15, 0.2) is 0 Å². The molecule has 0 aliphatic carbocycles. The number of carboxylic acids is 1. The molecule has 10 heteroatoms. The summed E-state index contributed by atoms with van der Waals surface area (Å²) >= 11 is 0. The average molecular weight is 360 g/mol. The van der Waals surface area contributed by atoms with Gasteiger partial charge in [0, 0.05) is 0 Å². The number of hydrogen-bond acceptors (Lipinski definition) is 6. The fourth-order valence-electron chi connectivity index (χ4n) is 1.90. The van der Waals surface area contributed by atoms with Gasteiger partial charge in [-0.15, -0.1) is 0 Å². The maximum Gasteiger partial charge on any atom is 0.326 e. The van der Waals surface area contributed by atoms with Crippen LogP contribution in [0.4, 0.5) is 0 Å². The molecule has 0 aliphatic heterocycles. The number of carboxylic acid groups (broad SMARTS) is 1. The van der Waals surface area contributed by atoms with E-state index in [9.17, 15) is 19.2 Å². The van der Waals surface area contributed by atoms with Crippen molar-refractivity contribution in [3.8, 4) is 0 Å². The minimum atomic E-state index is -1.16. The standard InChI is InChI=1S/C15H28N4O6/c1-7(2)11(14(23)19-12(8(3)4)15(24)25)18-10(21)5-17-13(22)9(16)6-20/h7-9,11-12,20H,5-6,16H2,1-4H3,(H,17,22)(H,18,21)(H,19,23)(H,24,25). The van der Waals surface area contributed by atoms with Crippen LogP contribution in [0.2, 0.25) is 0 Å². The second-order valence-corrected chi connectivity index (χ2v) is 6.36. The summed E-state index contributed by atoms with van der Waals surface area (Å²) in [5.41, 5.74) is 5.30. The van der Waals surface area contributed by atoms with Crippen molar-refractivity contribution in [2.24, 2.45) is 17.6 Å². The molecule has 144 valence electrons. The van der Waals surface area contributed by atoms with Crippen molar-refractivity contribution in [2.45, 2.75) is 45.8 Å². The summed E-state index contributed by atoms with van der Waals surface area (Å²) in [5.74, 6) is -3.76. The van der Waals surface area contributed by atoms with Crippen molar-refractivity contribution in [3.63, 3.8) is 0 Å². The zero-order chi connectivity index (χ0) is 19.7. The van der Waals surface area contributed by atoms with Gasteiger partial charge in [-0.2, -0.15) is 0 Å². The van der Waals surface area contributed by atoms with Gasteiger partial charge in [0.25, 0.3) is 0 Å². The number of carbonyl (C=O) groups is 4. The normalized spacial score (nSPS) is 14.6. The molecule has 0 spiro atoms. The van der Waals surface area contributed by atoms with Gasteiger partial charge < -0.3 is 31.9 Å². The van der Waals surface area contributed by atoms with Gasteiger partial charge in [0.05, 0.1) is 13.2 Å². The minimum Gasteiger partial charge on any atom is -0.480 e. The second kappa shape index (κ2) is 10.6. The van der Waals surface area contributed by atoms with Gasteiger partial charge in [-0.05, 0) is 11.8 Å². The van der Waals surface area contributed by atoms with Crippen molar-refractivity contribution in [3.05, 3.63) is 0 Å². The lowest BCUT2D eigenvalue weighted by Crippen LogP contribution is -2.56. The molecule has 0 fully saturated rings. The van der Waals surface area contributed by atoms with E-state index in [1.807, 2.05) is 0 Å². The fourth-order valence-corrected chi connectivity index (χ4v) is 1.90. The summed E-state index contributed by atoms with van der Waals surface area (Å²) in [7, 11) is 0. The maximum absolute atomic E-state index is 12.3. The number of hydrogen-bond donors (Lipinski definition) is 6. The molecule has 3 unspecified atom stereocenters. The first-order chi connectivity index (χ1) is 11.5. The first-order valence-corrected chi connectivity index (χ1v) is 7.97. The van der Waals surface area contributed by atoms with Gasteiger partial charge in [0.1, 0.15) is 18.1 Å². The highest BCUT2D eigenvalue weighted by Gasteiger charge is 2.30. The number of nitrogens with two attached hydrogens (primary N) is 1. The van der Waals surface area contributed by atoms with E-state index in [0.29, 0.717) is 0 Å². The summed E-state index contributed by atoms with van der Waals surface area (Å²) in [5, 5.41) is 25.0. The van der Waals surface area contributed by atoms with Crippen LogP contribution < -0.4 is 21.7 Å². The monoisotopic (exact) mass is 360 g/mol. The molecule has 3 atom stereocenters. The van der Waals surface area contributed by atoms with Crippen LogP contribution >= 0.6 is 0 Å². The summed E-state index contributed by atoms with van der Waals surface area (Å²) in [4.78, 5) is 46.8. The Morgan fingerprint density at radius 3 is 1.84 bits per heavy atom. The molecule has 0 saturated carbocycles. The lowest BCUT2D eigenvalue weighted by Gasteiger charge is -2.25. The Bertz CT molecular complexity index is 494. The number of aliphatic hydroxyl groups excluding tert-OH is 1. The van der Waals surface area contributed by atoms with Crippen LogP contribution in [0.1, 0.15) is 27.7 Å². The maximum atomic E-state index is 12.3. The van der Waals surface area contributed by atoms with Crippen molar-refractivity contribution in [1.29, 1.82) is 0 Å². The van der Waals surface area contributed by atoms with Crippen LogP contribution in [-0.2, 0) is 19.2 Å². The molecule has 0 saturated heterocycles. The van der Waals surface area contributed by atoms with Crippen molar-refractivity contribution in [1.82, 2.24) is 16.0 Å². The fraction of sp³-hybridized carbons (Fsp3) is 0.733. The predicted octanol–water partition coefficient (Wildman–Crippen LogP) is -2.21. The number of aliphatic hydroxyl groups is 1. The molecular weight excluding hydrogens is 332 g/mol. The average Bonchev–Trinajstić information content (AvgIpc) is 2.53. The molecule has 0 aromatic heterocycles. The number of amides is 3. The minimum absolute atomic E-state index is 0.305. The van der Waals surface area contributed by atoms with E-state index in [4.69, 9.17) is 15.9 Å². The van der Waals surface area contributed by atoms with Crippen molar-refractivity contribution in [2.75, 3.05) is 13.2 Å². The highest BCUT2D eigenvalue weighted by atomic mass is 16.4. The second-order valence-electron chi connectivity index (χ2n) is 6.36. The molecule has 3 amide bonds. The van der Waals surface area contributed by atoms with E-state index in [1.165, 1.54) is 0 Å². The summed E-state index contributed by atoms with van der Waals surface area (Å²) in [6, 6.07) is -3.18. The van der Waals surface area contributed by atoms with Gasteiger partial charge >= 0.3 is 5.97 Å². The number of nitrogens with one attached hydrogen (secondary N) is 3. The van der Waals surface area contributed by atoms with E-state index in [1.54, 1.807) is 27.7 Å². The summed E-state index contributed by atoms with van der Waals surface area (Å²) < 4.78 is 0. The van der Waals surface area contributed by atoms with Gasteiger partial charge in [0.2, 0.25) is 17.7 Å². The molecule has 0 bridgehead atoms. The van der Waals surface area contributed by atoms with Crippen LogP contribution in [-0.4, -0.2) is 65.2 Å². The lowest BCUT2D eigenvalue weighted by atomic mass is 10.0. The summed E-state index contributed by atoms with van der Waals surface area (Å²) in [6.07, 6.45) is 0. The van der Waals surface area contributed by atoms with Gasteiger partial charge in [-0.3, -0.25) is 14.4 Å². The van der Waals surface area contributed by atoms with E-state index in [-0.39, 0.29) is 11.8 Å². The molecule has 0 rings (SSSR count). The Balaban J connectivity index is 4.79. The Morgan fingerprint density at radius 1 is 0.920 bits per heavy atom. The topological polar surface area (TPSA) is 171 Å². The Morgan fingerprint density at radius 2 is 1.44 bits per heavy atom. The smallest absolute Gasteiger partial charge is 0.326 e. The molecule has 0 heterocycles. The molecule has 0 aromatic rings. The van der Waals surface area contributed by atoms with Crippen LogP contribution in [0.15, 0.2) is 0 Å². The van der Waals surface area contributed by atoms with E-state index in [0.717, 1.165) is 0 Å². The van der Waals surface area contributed by atoms with Crippen LogP contribution in [0.25, 0.3) is 0 Å². The van der Waals surface area contributed by atoms with E-state index < -0.39 is 55.0 Å². The zero-order valence-electron chi connectivity index (χ0n) is 14.9. The lowest BCUT2D eigenvalue weighted by molar-refractivity contribution is -0.143. The highest BCUT2D eigenvalue weighted by Crippen LogP contribution is 2.06. The quantitative estimate of drug-likeness (QED) is 0.256. The largest absolute Gasteiger partial charge is 0.480 e. The predicted molar refractivity (Wildman–Crippen MR) is 89.2 cm³/mol. The first kappa shape index (κ1) is 22.8. The molecule has 0 aromatic carbocycles. The van der Waals surface area contributed by atoms with Crippen LogP contribution in [0, 0.1) is 11.8 Å². The third-order valence-corrected chi connectivity index (χ3v) is 3.45. The molecule has 0 aliphatic rings. The third kappa shape index (κ3) is 7.94. The third-order valence-electron chi connectivity index (χ3n) is 3.45. The molecule has 25 heavy (non-hydrogen) atoms. The van der Waals surface area contributed by atoms with Crippen molar-refractivity contribution >= 4 is 23.7 Å². The summed E-state index contributed by atoms with van der Waals surface area (Å²) in [6.45, 7) is 5.71. The Hall–Kier alpha value is -2.20. The Kier molecular flexibility index (Phi) is 9.69. The van der Waals surface area contributed by atoms with Gasteiger partial charge in [-0.25, -0.2) is 4.79 Å². The zero-order valence-corrected chi connectivity index (χ0v) is 14.9. The van der Waals surface area contributed by atoms with E-state index in [2.05, 4.69) is 16.0 Å². The van der Waals surface area contributed by atoms with Crippen LogP contribution in [0.3, 0.4) is 0 Å². The molecule has 0 radical (unpaired) electrons. The molecule has 7 N–H and O–H groups in total. The van der Waals surface area contributed by atoms with Crippen molar-refractivity contribution < 1.29 is 29.4 Å². The Labute approximate surface area is 146 Å². The number of aliphatic carboxylic acids is 1. The molecule has 10 nitrogen and oxygen atoms in total. The number of rotatable bonds is 10. The SMILES string of the molecule is CC(C)C(NC(=O)C(NC(=O)CNC(=O)C(N)CO)C(C)C)C(=O)O. The highest BCUT2D eigenvalue weighted by molar-refractivity contribution is 5.92.